The minimum absolute atomic E-state index is 0.0923. The monoisotopic (exact) mass is 493 g/mol. The highest BCUT2D eigenvalue weighted by molar-refractivity contribution is 6.17. The zero-order valence-corrected chi connectivity index (χ0v) is 21.3. The van der Waals surface area contributed by atoms with Crippen molar-refractivity contribution in [2.75, 3.05) is 0 Å². The fourth-order valence-electron chi connectivity index (χ4n) is 4.48. The number of amides is 4. The molecule has 0 aromatic heterocycles. The van der Waals surface area contributed by atoms with Crippen LogP contribution in [-0.2, 0) is 24.0 Å². The minimum Gasteiger partial charge on any atom is -0.346 e. The summed E-state index contributed by atoms with van der Waals surface area (Å²) < 4.78 is 0. The van der Waals surface area contributed by atoms with E-state index in [9.17, 15) is 24.0 Å². The van der Waals surface area contributed by atoms with E-state index in [1.807, 2.05) is 37.3 Å². The second-order valence-electron chi connectivity index (χ2n) is 9.80. The number of hydrogen-bond donors (Lipinski definition) is 2. The summed E-state index contributed by atoms with van der Waals surface area (Å²) in [6, 6.07) is 7.46. The largest absolute Gasteiger partial charge is 0.346 e. The number of likely N-dealkylation sites (tertiary alicyclic amines) is 1. The molecule has 2 N–H and O–H groups in total. The SMILES string of the molecule is C/C=C/C=C/C(=O)N[C@@H](CC(=O)N[C@H](C(=O)[C@@H]1C(=O)N(C2CC2)C(=O)[C@H]1C)C(C)C)c1ccccc1. The van der Waals surface area contributed by atoms with Crippen molar-refractivity contribution >= 4 is 29.4 Å². The van der Waals surface area contributed by atoms with Crippen LogP contribution in [-0.4, -0.2) is 46.4 Å². The van der Waals surface area contributed by atoms with Crippen molar-refractivity contribution in [1.82, 2.24) is 15.5 Å². The highest BCUT2D eigenvalue weighted by Crippen LogP contribution is 2.37. The van der Waals surface area contributed by atoms with Crippen molar-refractivity contribution in [2.45, 2.75) is 65.1 Å². The van der Waals surface area contributed by atoms with Crippen LogP contribution in [0.2, 0.25) is 0 Å². The minimum atomic E-state index is -1.09. The van der Waals surface area contributed by atoms with Crippen LogP contribution in [0.5, 0.6) is 0 Å². The lowest BCUT2D eigenvalue weighted by Gasteiger charge is -2.26. The predicted molar refractivity (Wildman–Crippen MR) is 135 cm³/mol. The molecule has 4 atom stereocenters. The maximum atomic E-state index is 13.5. The van der Waals surface area contributed by atoms with Crippen LogP contribution in [0.25, 0.3) is 0 Å². The maximum absolute atomic E-state index is 13.5. The third-order valence-electron chi connectivity index (χ3n) is 6.60. The van der Waals surface area contributed by atoms with Gasteiger partial charge in [-0.2, -0.15) is 0 Å². The molecule has 2 aliphatic rings. The molecular formula is C28H35N3O5. The van der Waals surface area contributed by atoms with Crippen molar-refractivity contribution < 1.29 is 24.0 Å². The van der Waals surface area contributed by atoms with E-state index < -0.39 is 41.5 Å². The molecule has 1 aliphatic heterocycles. The van der Waals surface area contributed by atoms with Gasteiger partial charge in [-0.3, -0.25) is 28.9 Å². The summed E-state index contributed by atoms with van der Waals surface area (Å²) in [6.07, 6.45) is 7.95. The van der Waals surface area contributed by atoms with Gasteiger partial charge in [-0.1, -0.05) is 69.3 Å². The highest BCUT2D eigenvalue weighted by Gasteiger charge is 2.54. The van der Waals surface area contributed by atoms with Gasteiger partial charge in [0.05, 0.1) is 24.4 Å². The zero-order chi connectivity index (χ0) is 26.4. The van der Waals surface area contributed by atoms with Crippen molar-refractivity contribution in [3.63, 3.8) is 0 Å². The first-order chi connectivity index (χ1) is 17.1. The summed E-state index contributed by atoms with van der Waals surface area (Å²) in [6.45, 7) is 7.02. The Hall–Kier alpha value is -3.55. The van der Waals surface area contributed by atoms with Crippen LogP contribution >= 0.6 is 0 Å². The van der Waals surface area contributed by atoms with Gasteiger partial charge >= 0.3 is 0 Å². The summed E-state index contributed by atoms with van der Waals surface area (Å²) in [5, 5.41) is 5.63. The Morgan fingerprint density at radius 2 is 1.69 bits per heavy atom. The van der Waals surface area contributed by atoms with E-state index in [-0.39, 0.29) is 30.2 Å². The van der Waals surface area contributed by atoms with E-state index in [4.69, 9.17) is 0 Å². The Morgan fingerprint density at radius 1 is 1.03 bits per heavy atom. The van der Waals surface area contributed by atoms with Gasteiger partial charge in [0.2, 0.25) is 23.6 Å². The summed E-state index contributed by atoms with van der Waals surface area (Å²) >= 11 is 0. The van der Waals surface area contributed by atoms with Crippen LogP contribution in [0.3, 0.4) is 0 Å². The van der Waals surface area contributed by atoms with Crippen LogP contribution in [0.15, 0.2) is 54.6 Å². The molecule has 8 heteroatoms. The number of nitrogens with zero attached hydrogens (tertiary/aromatic N) is 1. The van der Waals surface area contributed by atoms with Crippen LogP contribution in [0, 0.1) is 17.8 Å². The Labute approximate surface area is 212 Å². The summed E-state index contributed by atoms with van der Waals surface area (Å²) in [7, 11) is 0. The third-order valence-corrected chi connectivity index (χ3v) is 6.60. The first-order valence-corrected chi connectivity index (χ1v) is 12.5. The van der Waals surface area contributed by atoms with E-state index in [1.54, 1.807) is 39.0 Å². The molecule has 1 saturated carbocycles. The fourth-order valence-corrected chi connectivity index (χ4v) is 4.48. The molecule has 8 nitrogen and oxygen atoms in total. The maximum Gasteiger partial charge on any atom is 0.244 e. The van der Waals surface area contributed by atoms with Crippen molar-refractivity contribution in [3.8, 4) is 0 Å². The first kappa shape index (κ1) is 27.0. The summed E-state index contributed by atoms with van der Waals surface area (Å²) in [4.78, 5) is 65.8. The molecule has 1 aromatic carbocycles. The molecule has 0 bridgehead atoms. The molecule has 0 spiro atoms. The van der Waals surface area contributed by atoms with Gasteiger partial charge in [-0.05, 0) is 31.2 Å². The van der Waals surface area contributed by atoms with Gasteiger partial charge in [-0.25, -0.2) is 0 Å². The van der Waals surface area contributed by atoms with Crippen LogP contribution in [0.4, 0.5) is 0 Å². The Kier molecular flexibility index (Phi) is 8.96. The second kappa shape index (κ2) is 11.9. The van der Waals surface area contributed by atoms with E-state index in [1.165, 1.54) is 11.0 Å². The fraction of sp³-hybridized carbons (Fsp3) is 0.464. The molecule has 1 aromatic rings. The second-order valence-corrected chi connectivity index (χ2v) is 9.80. The van der Waals surface area contributed by atoms with Gasteiger partial charge in [-0.15, -0.1) is 0 Å². The lowest BCUT2D eigenvalue weighted by molar-refractivity contribution is -0.142. The van der Waals surface area contributed by atoms with E-state index in [0.717, 1.165) is 18.4 Å². The lowest BCUT2D eigenvalue weighted by Crippen LogP contribution is -2.49. The van der Waals surface area contributed by atoms with Gasteiger partial charge < -0.3 is 10.6 Å². The van der Waals surface area contributed by atoms with Gasteiger partial charge in [0.1, 0.15) is 5.92 Å². The van der Waals surface area contributed by atoms with Crippen molar-refractivity contribution in [3.05, 3.63) is 60.2 Å². The summed E-state index contributed by atoms with van der Waals surface area (Å²) in [5.41, 5.74) is 0.748. The van der Waals surface area contributed by atoms with E-state index in [0.29, 0.717) is 0 Å². The third kappa shape index (κ3) is 6.36. The standard InChI is InChI=1S/C28H35N3O5/c1-5-6-8-13-22(32)29-21(19-11-9-7-10-12-19)16-23(33)30-25(17(2)3)26(34)24-18(4)27(35)31(28(24)36)20-14-15-20/h5-13,17-18,20-21,24-25H,14-16H2,1-4H3,(H,29,32)(H,30,33)/b6-5+,13-8+/t18-,21-,24+,25-/m0/s1. The number of ketones is 1. The number of carbonyl (C=O) groups is 5. The van der Waals surface area contributed by atoms with Crippen molar-refractivity contribution in [2.24, 2.45) is 17.8 Å². The smallest absolute Gasteiger partial charge is 0.244 e. The lowest BCUT2D eigenvalue weighted by atomic mass is 9.85. The first-order valence-electron chi connectivity index (χ1n) is 12.5. The van der Waals surface area contributed by atoms with Crippen LogP contribution < -0.4 is 10.6 Å². The molecule has 0 radical (unpaired) electrons. The normalized spacial score (nSPS) is 21.9. The van der Waals surface area contributed by atoms with Gasteiger partial charge in [0, 0.05) is 12.1 Å². The molecular weight excluding hydrogens is 458 g/mol. The Bertz CT molecular complexity index is 1060. The zero-order valence-electron chi connectivity index (χ0n) is 21.3. The molecule has 0 unspecified atom stereocenters. The molecule has 3 rings (SSSR count). The van der Waals surface area contributed by atoms with Crippen LogP contribution in [0.1, 0.15) is 58.6 Å². The molecule has 192 valence electrons. The number of benzene rings is 1. The topological polar surface area (TPSA) is 113 Å². The number of rotatable bonds is 11. The number of carbonyl (C=O) groups excluding carboxylic acids is 5. The number of hydrogen-bond acceptors (Lipinski definition) is 5. The van der Waals surface area contributed by atoms with Gasteiger partial charge in [0.15, 0.2) is 5.78 Å². The Balaban J connectivity index is 1.73. The molecule has 1 heterocycles. The number of allylic oxidation sites excluding steroid dienone is 3. The molecule has 36 heavy (non-hydrogen) atoms. The van der Waals surface area contributed by atoms with E-state index in [2.05, 4.69) is 10.6 Å². The summed E-state index contributed by atoms with van der Waals surface area (Å²) in [5.74, 6) is -4.12. The number of imide groups is 1. The molecule has 1 aliphatic carbocycles. The predicted octanol–water partition coefficient (Wildman–Crippen LogP) is 2.86. The van der Waals surface area contributed by atoms with E-state index >= 15 is 0 Å². The highest BCUT2D eigenvalue weighted by atomic mass is 16.2. The number of nitrogens with one attached hydrogen (secondary N) is 2. The average molecular weight is 494 g/mol. The molecule has 2 fully saturated rings. The van der Waals surface area contributed by atoms with Gasteiger partial charge in [0.25, 0.3) is 0 Å². The van der Waals surface area contributed by atoms with Crippen molar-refractivity contribution in [1.29, 1.82) is 0 Å². The quantitative estimate of drug-likeness (QED) is 0.213. The number of Topliss-reactive ketones (excluding diaryl/α,β-unsaturated/α-hetero) is 1. The molecule has 1 saturated heterocycles. The molecule has 4 amide bonds. The Morgan fingerprint density at radius 3 is 2.28 bits per heavy atom. The average Bonchev–Trinajstić information content (AvgIpc) is 3.64.